The molecule has 1 amide bonds. The second-order valence-corrected chi connectivity index (χ2v) is 8.75. The van der Waals surface area contributed by atoms with Gasteiger partial charge in [-0.3, -0.25) is 9.69 Å². The van der Waals surface area contributed by atoms with Crippen molar-refractivity contribution in [3.63, 3.8) is 0 Å². The highest BCUT2D eigenvalue weighted by molar-refractivity contribution is 8.19. The number of rotatable bonds is 4. The van der Waals surface area contributed by atoms with Crippen molar-refractivity contribution in [1.82, 2.24) is 4.90 Å². The molecule has 0 atom stereocenters. The molecule has 0 aromatic heterocycles. The van der Waals surface area contributed by atoms with Crippen LogP contribution < -0.4 is 9.64 Å². The van der Waals surface area contributed by atoms with Crippen LogP contribution in [-0.4, -0.2) is 36.2 Å². The number of hydrogen-bond acceptors (Lipinski definition) is 6. The lowest BCUT2D eigenvalue weighted by Crippen LogP contribution is -2.29. The number of nitrogens with zero attached hydrogens (tertiary/aromatic N) is 3. The summed E-state index contributed by atoms with van der Waals surface area (Å²) >= 11 is 9.22. The van der Waals surface area contributed by atoms with Crippen LogP contribution in [0.15, 0.2) is 62.3 Å². The van der Waals surface area contributed by atoms with Gasteiger partial charge in [0.2, 0.25) is 0 Å². The Morgan fingerprint density at radius 3 is 2.55 bits per heavy atom. The number of amides is 1. The molecule has 2 aliphatic rings. The first-order chi connectivity index (χ1) is 14.1. The Labute approximate surface area is 183 Å². The second-order valence-electron chi connectivity index (χ2n) is 6.31. The van der Waals surface area contributed by atoms with Crippen molar-refractivity contribution in [3.8, 4) is 5.75 Å². The van der Waals surface area contributed by atoms with Crippen LogP contribution in [0.2, 0.25) is 5.02 Å². The lowest BCUT2D eigenvalue weighted by molar-refractivity contribution is -0.122. The maximum Gasteiger partial charge on any atom is 0.269 e. The van der Waals surface area contributed by atoms with Crippen LogP contribution >= 0.6 is 35.1 Å². The van der Waals surface area contributed by atoms with E-state index in [1.807, 2.05) is 49.4 Å². The topological polar surface area (TPSA) is 45.1 Å². The molecule has 2 heterocycles. The fourth-order valence-electron chi connectivity index (χ4n) is 3.26. The standard InChI is InChI=1S/C21H20ClN3O2S2/c1-4-24-15-12-13(22)10-11-17(15)28-20(24)18-19(26)25(5-2)21(29-18)23-14-8-6-7-9-16(14)27-3/h6-12H,4-5H2,1-3H3/b20-18-,23-21?. The molecule has 29 heavy (non-hydrogen) atoms. The molecule has 8 heteroatoms. The molecule has 0 radical (unpaired) electrons. The zero-order chi connectivity index (χ0) is 20.5. The Bertz CT molecular complexity index is 1040. The van der Waals surface area contributed by atoms with E-state index in [0.717, 1.165) is 22.2 Å². The summed E-state index contributed by atoms with van der Waals surface area (Å²) in [7, 11) is 1.62. The number of para-hydroxylation sites is 2. The number of methoxy groups -OCH3 is 1. The molecule has 0 spiro atoms. The van der Waals surface area contributed by atoms with E-state index in [1.165, 1.54) is 11.8 Å². The molecule has 5 nitrogen and oxygen atoms in total. The van der Waals surface area contributed by atoms with Crippen LogP contribution in [-0.2, 0) is 4.79 Å². The van der Waals surface area contributed by atoms with Gasteiger partial charge in [-0.1, -0.05) is 35.5 Å². The first-order valence-corrected chi connectivity index (χ1v) is 11.3. The third kappa shape index (κ3) is 3.63. The summed E-state index contributed by atoms with van der Waals surface area (Å²) in [5.74, 6) is 0.656. The third-order valence-electron chi connectivity index (χ3n) is 4.66. The van der Waals surface area contributed by atoms with Gasteiger partial charge < -0.3 is 9.64 Å². The summed E-state index contributed by atoms with van der Waals surface area (Å²) in [6.45, 7) is 5.32. The minimum absolute atomic E-state index is 0.0222. The Morgan fingerprint density at radius 1 is 1.07 bits per heavy atom. The van der Waals surface area contributed by atoms with Gasteiger partial charge >= 0.3 is 0 Å². The number of ether oxygens (including phenoxy) is 1. The Balaban J connectivity index is 1.76. The van der Waals surface area contributed by atoms with Crippen molar-refractivity contribution >= 4 is 57.6 Å². The van der Waals surface area contributed by atoms with E-state index in [1.54, 1.807) is 23.8 Å². The first-order valence-electron chi connectivity index (χ1n) is 9.28. The van der Waals surface area contributed by atoms with Crippen LogP contribution in [0.3, 0.4) is 0 Å². The molecule has 0 aliphatic carbocycles. The predicted octanol–water partition coefficient (Wildman–Crippen LogP) is 5.73. The molecular weight excluding hydrogens is 426 g/mol. The van der Waals surface area contributed by atoms with E-state index < -0.39 is 0 Å². The fraction of sp³-hybridized carbons (Fsp3) is 0.238. The number of anilines is 1. The zero-order valence-electron chi connectivity index (χ0n) is 16.3. The Morgan fingerprint density at radius 2 is 1.83 bits per heavy atom. The number of fused-ring (bicyclic) bond motifs is 1. The maximum atomic E-state index is 13.2. The molecule has 2 aromatic carbocycles. The number of halogens is 1. The SMILES string of the molecule is CCN1C(=O)/C(=C2/Sc3ccc(Cl)cc3N2CC)SC1=Nc1ccccc1OC. The van der Waals surface area contributed by atoms with Crippen molar-refractivity contribution in [3.05, 3.63) is 57.4 Å². The molecule has 2 aliphatic heterocycles. The molecule has 1 fully saturated rings. The van der Waals surface area contributed by atoms with Gasteiger partial charge in [0, 0.05) is 23.0 Å². The summed E-state index contributed by atoms with van der Waals surface area (Å²) in [6, 6.07) is 13.4. The van der Waals surface area contributed by atoms with Crippen LogP contribution in [0.5, 0.6) is 5.75 Å². The average molecular weight is 446 g/mol. The van der Waals surface area contributed by atoms with Gasteiger partial charge in [-0.05, 0) is 55.9 Å². The number of hydrogen-bond donors (Lipinski definition) is 0. The van der Waals surface area contributed by atoms with Crippen LogP contribution in [0, 0.1) is 0 Å². The molecular formula is C21H20ClN3O2S2. The summed E-state index contributed by atoms with van der Waals surface area (Å²) in [5, 5.41) is 2.28. The van der Waals surface area contributed by atoms with Crippen molar-refractivity contribution in [2.24, 2.45) is 4.99 Å². The van der Waals surface area contributed by atoms with Gasteiger partial charge in [0.25, 0.3) is 5.91 Å². The van der Waals surface area contributed by atoms with Crippen molar-refractivity contribution < 1.29 is 9.53 Å². The normalized spacial score (nSPS) is 20.0. The van der Waals surface area contributed by atoms with Gasteiger partial charge in [-0.2, -0.15) is 0 Å². The van der Waals surface area contributed by atoms with E-state index in [-0.39, 0.29) is 5.91 Å². The number of carbonyl (C=O) groups excluding carboxylic acids is 1. The summed E-state index contributed by atoms with van der Waals surface area (Å²) in [4.78, 5) is 23.6. The molecule has 0 unspecified atom stereocenters. The van der Waals surface area contributed by atoms with Gasteiger partial charge in [0.15, 0.2) is 5.17 Å². The van der Waals surface area contributed by atoms with E-state index in [9.17, 15) is 4.79 Å². The number of likely N-dealkylation sites (N-methyl/N-ethyl adjacent to an activating group) is 1. The second kappa shape index (κ2) is 8.34. The molecule has 0 saturated carbocycles. The van der Waals surface area contributed by atoms with Crippen molar-refractivity contribution in [2.45, 2.75) is 18.7 Å². The first kappa shape index (κ1) is 20.2. The monoisotopic (exact) mass is 445 g/mol. The van der Waals surface area contributed by atoms with Crippen LogP contribution in [0.25, 0.3) is 0 Å². The Hall–Kier alpha value is -2.09. The average Bonchev–Trinajstić information content (AvgIpc) is 3.24. The van der Waals surface area contributed by atoms with Gasteiger partial charge in [0.1, 0.15) is 21.4 Å². The number of aliphatic imine (C=N–C) groups is 1. The Kier molecular flexibility index (Phi) is 5.81. The van der Waals surface area contributed by atoms with E-state index in [2.05, 4.69) is 11.8 Å². The largest absolute Gasteiger partial charge is 0.494 e. The molecule has 2 aromatic rings. The summed E-state index contributed by atoms with van der Waals surface area (Å²) in [5.41, 5.74) is 1.75. The van der Waals surface area contributed by atoms with Crippen LogP contribution in [0.4, 0.5) is 11.4 Å². The third-order valence-corrected chi connectivity index (χ3v) is 7.27. The van der Waals surface area contributed by atoms with Gasteiger partial charge in [-0.15, -0.1) is 0 Å². The fourth-order valence-corrected chi connectivity index (χ4v) is 5.86. The quantitative estimate of drug-likeness (QED) is 0.562. The lowest BCUT2D eigenvalue weighted by atomic mass is 10.3. The maximum absolute atomic E-state index is 13.2. The van der Waals surface area contributed by atoms with Crippen molar-refractivity contribution in [1.29, 1.82) is 0 Å². The summed E-state index contributed by atoms with van der Waals surface area (Å²) in [6.07, 6.45) is 0. The summed E-state index contributed by atoms with van der Waals surface area (Å²) < 4.78 is 5.41. The smallest absolute Gasteiger partial charge is 0.269 e. The predicted molar refractivity (Wildman–Crippen MR) is 122 cm³/mol. The van der Waals surface area contributed by atoms with E-state index in [4.69, 9.17) is 21.3 Å². The number of amidine groups is 1. The zero-order valence-corrected chi connectivity index (χ0v) is 18.7. The molecule has 0 bridgehead atoms. The molecule has 1 saturated heterocycles. The highest BCUT2D eigenvalue weighted by Gasteiger charge is 2.39. The highest BCUT2D eigenvalue weighted by Crippen LogP contribution is 2.51. The minimum Gasteiger partial charge on any atom is -0.494 e. The number of carbonyl (C=O) groups is 1. The lowest BCUT2D eigenvalue weighted by Gasteiger charge is -2.19. The molecule has 4 rings (SSSR count). The number of benzene rings is 2. The van der Waals surface area contributed by atoms with Crippen LogP contribution in [0.1, 0.15) is 13.8 Å². The van der Waals surface area contributed by atoms with Gasteiger partial charge in [-0.25, -0.2) is 4.99 Å². The number of thioether (sulfide) groups is 2. The van der Waals surface area contributed by atoms with Gasteiger partial charge in [0.05, 0.1) is 12.8 Å². The van der Waals surface area contributed by atoms with E-state index >= 15 is 0 Å². The van der Waals surface area contributed by atoms with Crippen molar-refractivity contribution in [2.75, 3.05) is 25.1 Å². The minimum atomic E-state index is -0.0222. The molecule has 150 valence electrons. The highest BCUT2D eigenvalue weighted by atomic mass is 35.5. The molecule has 0 N–H and O–H groups in total. The van der Waals surface area contributed by atoms with E-state index in [0.29, 0.717) is 33.1 Å².